The first-order chi connectivity index (χ1) is 13.2. The van der Waals surface area contributed by atoms with Crippen LogP contribution >= 0.6 is 24.0 Å². The minimum absolute atomic E-state index is 0. The van der Waals surface area contributed by atoms with Gasteiger partial charge in [-0.3, -0.25) is 9.89 Å². The standard InChI is InChI=1S/C18H24F5N5.HI/c1-24-17(25-14-4-5-26(11-14)12-18(21,22)23)28-8-6-27(7-9-28)16-10-13(19)2-3-15(16)20;/h2-3,10,14H,4-9,11-12H2,1H3,(H,24,25);1H. The Hall–Kier alpha value is -1.37. The van der Waals surface area contributed by atoms with Crippen molar-refractivity contribution in [1.29, 1.82) is 0 Å². The fraction of sp³-hybridized carbons (Fsp3) is 0.611. The Bertz CT molecular complexity index is 706. The Morgan fingerprint density at radius 2 is 1.83 bits per heavy atom. The van der Waals surface area contributed by atoms with Crippen molar-refractivity contribution in [2.24, 2.45) is 4.99 Å². The molecule has 29 heavy (non-hydrogen) atoms. The monoisotopic (exact) mass is 533 g/mol. The van der Waals surface area contributed by atoms with Gasteiger partial charge in [0.1, 0.15) is 11.6 Å². The predicted octanol–water partition coefficient (Wildman–Crippen LogP) is 2.92. The lowest BCUT2D eigenvalue weighted by atomic mass is 10.2. The maximum atomic E-state index is 14.0. The van der Waals surface area contributed by atoms with Crippen molar-refractivity contribution in [3.63, 3.8) is 0 Å². The summed E-state index contributed by atoms with van der Waals surface area (Å²) in [4.78, 5) is 9.39. The molecule has 3 rings (SSSR count). The first-order valence-electron chi connectivity index (χ1n) is 9.22. The van der Waals surface area contributed by atoms with Gasteiger partial charge in [-0.1, -0.05) is 0 Å². The van der Waals surface area contributed by atoms with Crippen LogP contribution in [0.15, 0.2) is 23.2 Å². The van der Waals surface area contributed by atoms with E-state index in [-0.39, 0.29) is 35.7 Å². The number of aliphatic imine (C=N–C) groups is 1. The molecule has 0 spiro atoms. The summed E-state index contributed by atoms with van der Waals surface area (Å²) in [5.41, 5.74) is 0.237. The van der Waals surface area contributed by atoms with Gasteiger partial charge in [-0.25, -0.2) is 8.78 Å². The highest BCUT2D eigenvalue weighted by atomic mass is 127. The molecule has 1 N–H and O–H groups in total. The minimum Gasteiger partial charge on any atom is -0.366 e. The molecule has 0 saturated carbocycles. The Labute approximate surface area is 183 Å². The van der Waals surface area contributed by atoms with Crippen LogP contribution in [0.5, 0.6) is 0 Å². The average molecular weight is 533 g/mol. The van der Waals surface area contributed by atoms with Gasteiger partial charge in [0.05, 0.1) is 12.2 Å². The molecule has 2 heterocycles. The van der Waals surface area contributed by atoms with Crippen LogP contribution < -0.4 is 10.2 Å². The maximum Gasteiger partial charge on any atom is 0.401 e. The van der Waals surface area contributed by atoms with Gasteiger partial charge in [-0.2, -0.15) is 13.2 Å². The molecular weight excluding hydrogens is 508 g/mol. The van der Waals surface area contributed by atoms with Crippen molar-refractivity contribution in [3.05, 3.63) is 29.8 Å². The van der Waals surface area contributed by atoms with Crippen molar-refractivity contribution in [2.75, 3.05) is 57.8 Å². The Kier molecular flexibility index (Phi) is 8.32. The Morgan fingerprint density at radius 3 is 2.45 bits per heavy atom. The number of likely N-dealkylation sites (tertiary alicyclic amines) is 1. The van der Waals surface area contributed by atoms with Gasteiger partial charge < -0.3 is 15.1 Å². The van der Waals surface area contributed by atoms with Gasteiger partial charge in [0.2, 0.25) is 0 Å². The van der Waals surface area contributed by atoms with Gasteiger partial charge in [-0.15, -0.1) is 24.0 Å². The summed E-state index contributed by atoms with van der Waals surface area (Å²) < 4.78 is 65.0. The molecule has 5 nitrogen and oxygen atoms in total. The molecular formula is C18H25F5IN5. The summed E-state index contributed by atoms with van der Waals surface area (Å²) in [5, 5.41) is 3.24. The zero-order valence-electron chi connectivity index (χ0n) is 16.1. The molecule has 11 heteroatoms. The van der Waals surface area contributed by atoms with E-state index in [0.717, 1.165) is 12.1 Å². The molecule has 0 bridgehead atoms. The van der Waals surface area contributed by atoms with Crippen molar-refractivity contribution >= 4 is 35.6 Å². The quantitative estimate of drug-likeness (QED) is 0.281. The molecule has 164 valence electrons. The second kappa shape index (κ2) is 10.1. The third-order valence-corrected chi connectivity index (χ3v) is 5.05. The first kappa shape index (κ1) is 23.9. The van der Waals surface area contributed by atoms with Crippen LogP contribution in [0, 0.1) is 11.6 Å². The third-order valence-electron chi connectivity index (χ3n) is 5.05. The van der Waals surface area contributed by atoms with Crippen molar-refractivity contribution in [1.82, 2.24) is 15.1 Å². The lowest BCUT2D eigenvalue weighted by molar-refractivity contribution is -0.143. The predicted molar refractivity (Wildman–Crippen MR) is 113 cm³/mol. The number of nitrogens with zero attached hydrogens (tertiary/aromatic N) is 4. The van der Waals surface area contributed by atoms with Crippen LogP contribution in [0.4, 0.5) is 27.6 Å². The second-order valence-corrected chi connectivity index (χ2v) is 7.10. The highest BCUT2D eigenvalue weighted by Crippen LogP contribution is 2.23. The number of benzene rings is 1. The normalized spacial score (nSPS) is 21.3. The van der Waals surface area contributed by atoms with E-state index in [0.29, 0.717) is 51.6 Å². The zero-order valence-corrected chi connectivity index (χ0v) is 18.4. The summed E-state index contributed by atoms with van der Waals surface area (Å²) >= 11 is 0. The van der Waals surface area contributed by atoms with Crippen LogP contribution in [0.25, 0.3) is 0 Å². The zero-order chi connectivity index (χ0) is 20.3. The minimum atomic E-state index is -4.20. The number of piperazine rings is 1. The topological polar surface area (TPSA) is 34.1 Å². The van der Waals surface area contributed by atoms with Gasteiger partial charge in [0.25, 0.3) is 0 Å². The number of guanidine groups is 1. The molecule has 2 aliphatic rings. The molecule has 0 aromatic heterocycles. The fourth-order valence-corrected chi connectivity index (χ4v) is 3.71. The maximum absolute atomic E-state index is 14.0. The van der Waals surface area contributed by atoms with Crippen LogP contribution in [-0.2, 0) is 0 Å². The molecule has 1 unspecified atom stereocenters. The van der Waals surface area contributed by atoms with Crippen LogP contribution in [0.1, 0.15) is 6.42 Å². The summed E-state index contributed by atoms with van der Waals surface area (Å²) in [7, 11) is 1.63. The van der Waals surface area contributed by atoms with Gasteiger partial charge >= 0.3 is 6.18 Å². The van der Waals surface area contributed by atoms with E-state index < -0.39 is 24.4 Å². The van der Waals surface area contributed by atoms with E-state index in [4.69, 9.17) is 0 Å². The highest BCUT2D eigenvalue weighted by Gasteiger charge is 2.35. The van der Waals surface area contributed by atoms with Gasteiger partial charge in [0.15, 0.2) is 5.96 Å². The first-order valence-corrected chi connectivity index (χ1v) is 9.22. The lowest BCUT2D eigenvalue weighted by Gasteiger charge is -2.38. The number of alkyl halides is 3. The van der Waals surface area contributed by atoms with Gasteiger partial charge in [-0.05, 0) is 18.6 Å². The van der Waals surface area contributed by atoms with Crippen molar-refractivity contribution in [3.8, 4) is 0 Å². The van der Waals surface area contributed by atoms with Crippen LogP contribution in [0.2, 0.25) is 0 Å². The number of anilines is 1. The summed E-state index contributed by atoms with van der Waals surface area (Å²) in [6.45, 7) is 1.89. The summed E-state index contributed by atoms with van der Waals surface area (Å²) in [6.07, 6.45) is -3.58. The number of hydrogen-bond donors (Lipinski definition) is 1. The van der Waals surface area contributed by atoms with E-state index >= 15 is 0 Å². The molecule has 1 atom stereocenters. The van der Waals surface area contributed by atoms with E-state index in [2.05, 4.69) is 10.3 Å². The largest absolute Gasteiger partial charge is 0.401 e. The average Bonchev–Trinajstić information content (AvgIpc) is 3.07. The van der Waals surface area contributed by atoms with Crippen molar-refractivity contribution in [2.45, 2.75) is 18.6 Å². The molecule has 2 saturated heterocycles. The van der Waals surface area contributed by atoms with E-state index in [1.165, 1.54) is 11.0 Å². The number of halogens is 6. The highest BCUT2D eigenvalue weighted by molar-refractivity contribution is 14.0. The molecule has 2 aliphatic heterocycles. The van der Waals surface area contributed by atoms with Crippen LogP contribution in [-0.4, -0.2) is 80.8 Å². The Balaban J connectivity index is 0.00000300. The van der Waals surface area contributed by atoms with E-state index in [1.54, 1.807) is 11.9 Å². The van der Waals surface area contributed by atoms with E-state index in [9.17, 15) is 22.0 Å². The third kappa shape index (κ3) is 6.56. The van der Waals surface area contributed by atoms with Crippen molar-refractivity contribution < 1.29 is 22.0 Å². The second-order valence-electron chi connectivity index (χ2n) is 7.10. The molecule has 2 fully saturated rings. The molecule has 0 amide bonds. The smallest absolute Gasteiger partial charge is 0.366 e. The SMILES string of the molecule is CN=C(NC1CCN(CC(F)(F)F)C1)N1CCN(c2cc(F)ccc2F)CC1.I. The number of nitrogens with one attached hydrogen (secondary N) is 1. The van der Waals surface area contributed by atoms with Crippen LogP contribution in [0.3, 0.4) is 0 Å². The Morgan fingerprint density at radius 1 is 1.14 bits per heavy atom. The molecule has 1 aromatic carbocycles. The lowest BCUT2D eigenvalue weighted by Crippen LogP contribution is -2.54. The van der Waals surface area contributed by atoms with E-state index in [1.807, 2.05) is 4.90 Å². The summed E-state index contributed by atoms with van der Waals surface area (Å²) in [5.74, 6) is -0.327. The fourth-order valence-electron chi connectivity index (χ4n) is 3.71. The molecule has 0 aliphatic carbocycles. The molecule has 1 aromatic rings. The van der Waals surface area contributed by atoms with Gasteiger partial charge in [0, 0.05) is 58.4 Å². The molecule has 0 radical (unpaired) electrons. The number of hydrogen-bond acceptors (Lipinski definition) is 3. The number of rotatable bonds is 3. The summed E-state index contributed by atoms with van der Waals surface area (Å²) in [6, 6.07) is 3.29.